The van der Waals surface area contributed by atoms with Crippen LogP contribution in [-0.4, -0.2) is 48.1 Å². The summed E-state index contributed by atoms with van der Waals surface area (Å²) in [4.78, 5) is 30.1. The van der Waals surface area contributed by atoms with E-state index in [-0.39, 0.29) is 18.2 Å². The van der Waals surface area contributed by atoms with Crippen molar-refractivity contribution in [2.45, 2.75) is 16.6 Å². The number of fused-ring (bicyclic) bond motifs is 1. The lowest BCUT2D eigenvalue weighted by atomic mass is 10.2. The van der Waals surface area contributed by atoms with Gasteiger partial charge in [0.15, 0.2) is 0 Å². The summed E-state index contributed by atoms with van der Waals surface area (Å²) in [6, 6.07) is 13.1. The molecule has 2 aromatic carbocycles. The van der Waals surface area contributed by atoms with Crippen LogP contribution in [0.2, 0.25) is 10.0 Å². The van der Waals surface area contributed by atoms with Gasteiger partial charge in [0.2, 0.25) is 11.8 Å². The number of thioether (sulfide) groups is 1. The number of anilines is 2. The van der Waals surface area contributed by atoms with Crippen LogP contribution >= 0.6 is 35.0 Å². The minimum Gasteiger partial charge on any atom is -0.367 e. The molecule has 146 valence electrons. The molecule has 1 N–H and O–H groups in total. The van der Waals surface area contributed by atoms with E-state index in [4.69, 9.17) is 23.2 Å². The Balaban J connectivity index is 1.35. The number of rotatable bonds is 3. The molecule has 5 nitrogen and oxygen atoms in total. The van der Waals surface area contributed by atoms with Gasteiger partial charge in [-0.15, -0.1) is 11.8 Å². The van der Waals surface area contributed by atoms with Crippen LogP contribution in [0.15, 0.2) is 47.4 Å². The van der Waals surface area contributed by atoms with E-state index >= 15 is 0 Å². The van der Waals surface area contributed by atoms with E-state index in [0.717, 1.165) is 28.7 Å². The van der Waals surface area contributed by atoms with Gasteiger partial charge < -0.3 is 15.1 Å². The number of halogens is 2. The van der Waals surface area contributed by atoms with E-state index in [1.165, 1.54) is 11.8 Å². The molecule has 2 amide bonds. The minimum atomic E-state index is -0.428. The standard InChI is InChI=1S/C20H19Cl2N3O2S/c21-13-5-6-17-15(11-13)23-20(27)18(28-17)12-19(26)25-9-7-24(8-10-25)16-4-2-1-3-14(16)22/h1-6,11,18H,7-10,12H2,(H,23,27)/t18-/m0/s1. The average Bonchev–Trinajstić information content (AvgIpc) is 2.69. The van der Waals surface area contributed by atoms with Crippen molar-refractivity contribution in [1.82, 2.24) is 4.90 Å². The SMILES string of the molecule is O=C1Nc2cc(Cl)ccc2S[C@H]1CC(=O)N1CCN(c2ccccc2Cl)CC1. The first-order valence-corrected chi connectivity index (χ1v) is 10.7. The molecule has 2 aliphatic heterocycles. The van der Waals surface area contributed by atoms with Crippen LogP contribution in [0.4, 0.5) is 11.4 Å². The first-order valence-electron chi connectivity index (χ1n) is 9.05. The Labute approximate surface area is 178 Å². The second-order valence-corrected chi connectivity index (χ2v) is 8.85. The summed E-state index contributed by atoms with van der Waals surface area (Å²) in [6.45, 7) is 2.69. The summed E-state index contributed by atoms with van der Waals surface area (Å²) in [5.74, 6) is -0.147. The third-order valence-electron chi connectivity index (χ3n) is 4.95. The molecule has 0 unspecified atom stereocenters. The zero-order chi connectivity index (χ0) is 19.7. The third kappa shape index (κ3) is 4.09. The fourth-order valence-corrected chi connectivity index (χ4v) is 4.96. The average molecular weight is 436 g/mol. The fourth-order valence-electron chi connectivity index (χ4n) is 3.45. The lowest BCUT2D eigenvalue weighted by molar-refractivity contribution is -0.132. The van der Waals surface area contributed by atoms with Crippen molar-refractivity contribution in [3.05, 3.63) is 52.5 Å². The Kier molecular flexibility index (Phi) is 5.71. The Bertz CT molecular complexity index is 916. The largest absolute Gasteiger partial charge is 0.367 e. The first kappa shape index (κ1) is 19.4. The highest BCUT2D eigenvalue weighted by molar-refractivity contribution is 8.01. The maximum absolute atomic E-state index is 12.8. The molecule has 2 aliphatic rings. The molecule has 2 heterocycles. The molecular formula is C20H19Cl2N3O2S. The fraction of sp³-hybridized carbons (Fsp3) is 0.300. The molecule has 0 aliphatic carbocycles. The van der Waals surface area contributed by atoms with Crippen LogP contribution < -0.4 is 10.2 Å². The highest BCUT2D eigenvalue weighted by atomic mass is 35.5. The lowest BCUT2D eigenvalue weighted by Gasteiger charge is -2.37. The Morgan fingerprint density at radius 1 is 1.11 bits per heavy atom. The summed E-state index contributed by atoms with van der Waals surface area (Å²) < 4.78 is 0. The molecule has 0 spiro atoms. The third-order valence-corrected chi connectivity index (χ3v) is 6.78. The van der Waals surface area contributed by atoms with Gasteiger partial charge in [-0.05, 0) is 30.3 Å². The molecule has 28 heavy (non-hydrogen) atoms. The molecule has 2 aromatic rings. The van der Waals surface area contributed by atoms with E-state index < -0.39 is 5.25 Å². The predicted octanol–water partition coefficient (Wildman–Crippen LogP) is 4.15. The number of nitrogens with one attached hydrogen (secondary N) is 1. The van der Waals surface area contributed by atoms with Crippen molar-refractivity contribution in [2.75, 3.05) is 36.4 Å². The number of nitrogens with zero attached hydrogens (tertiary/aromatic N) is 2. The Morgan fingerprint density at radius 2 is 1.86 bits per heavy atom. The van der Waals surface area contributed by atoms with Gasteiger partial charge in [-0.25, -0.2) is 0 Å². The maximum atomic E-state index is 12.8. The summed E-state index contributed by atoms with van der Waals surface area (Å²) >= 11 is 13.7. The zero-order valence-corrected chi connectivity index (χ0v) is 17.4. The number of hydrogen-bond donors (Lipinski definition) is 1. The molecular weight excluding hydrogens is 417 g/mol. The quantitative estimate of drug-likeness (QED) is 0.786. The monoisotopic (exact) mass is 435 g/mol. The topological polar surface area (TPSA) is 52.7 Å². The van der Waals surface area contributed by atoms with Gasteiger partial charge in [0, 0.05) is 42.5 Å². The summed E-state index contributed by atoms with van der Waals surface area (Å²) in [7, 11) is 0. The number of para-hydroxylation sites is 1. The summed E-state index contributed by atoms with van der Waals surface area (Å²) in [5, 5.41) is 3.72. The molecule has 1 saturated heterocycles. The predicted molar refractivity (Wildman–Crippen MR) is 115 cm³/mol. The van der Waals surface area contributed by atoms with Gasteiger partial charge in [0.25, 0.3) is 0 Å². The van der Waals surface area contributed by atoms with Crippen molar-refractivity contribution in [2.24, 2.45) is 0 Å². The highest BCUT2D eigenvalue weighted by Crippen LogP contribution is 2.38. The van der Waals surface area contributed by atoms with Crippen molar-refractivity contribution < 1.29 is 9.59 Å². The normalized spacial score (nSPS) is 19.2. The second-order valence-electron chi connectivity index (χ2n) is 6.76. The van der Waals surface area contributed by atoms with Crippen LogP contribution in [0.3, 0.4) is 0 Å². The van der Waals surface area contributed by atoms with E-state index in [1.54, 1.807) is 12.1 Å². The van der Waals surface area contributed by atoms with E-state index in [1.807, 2.05) is 35.2 Å². The number of carbonyl (C=O) groups is 2. The number of hydrogen-bond acceptors (Lipinski definition) is 4. The molecule has 1 atom stereocenters. The van der Waals surface area contributed by atoms with E-state index in [0.29, 0.717) is 23.8 Å². The van der Waals surface area contributed by atoms with Crippen molar-refractivity contribution >= 4 is 58.2 Å². The minimum absolute atomic E-state index is 0.00359. The van der Waals surface area contributed by atoms with E-state index in [9.17, 15) is 9.59 Å². The van der Waals surface area contributed by atoms with Gasteiger partial charge in [-0.2, -0.15) is 0 Å². The molecule has 8 heteroatoms. The maximum Gasteiger partial charge on any atom is 0.238 e. The van der Waals surface area contributed by atoms with Crippen LogP contribution in [0.1, 0.15) is 6.42 Å². The van der Waals surface area contributed by atoms with Crippen molar-refractivity contribution in [3.8, 4) is 0 Å². The van der Waals surface area contributed by atoms with Gasteiger partial charge in [-0.3, -0.25) is 9.59 Å². The van der Waals surface area contributed by atoms with Crippen LogP contribution in [0, 0.1) is 0 Å². The molecule has 1 fully saturated rings. The summed E-state index contributed by atoms with van der Waals surface area (Å²) in [5.41, 5.74) is 1.70. The van der Waals surface area contributed by atoms with Crippen LogP contribution in [-0.2, 0) is 9.59 Å². The van der Waals surface area contributed by atoms with Gasteiger partial charge in [0.05, 0.1) is 21.6 Å². The first-order chi connectivity index (χ1) is 13.5. The molecule has 0 radical (unpaired) electrons. The molecule has 0 saturated carbocycles. The van der Waals surface area contributed by atoms with Gasteiger partial charge in [0.1, 0.15) is 0 Å². The number of carbonyl (C=O) groups excluding carboxylic acids is 2. The smallest absolute Gasteiger partial charge is 0.238 e. The van der Waals surface area contributed by atoms with Crippen LogP contribution in [0.25, 0.3) is 0 Å². The second kappa shape index (κ2) is 8.23. The number of piperazine rings is 1. The molecule has 0 bridgehead atoms. The number of amides is 2. The molecule has 0 aromatic heterocycles. The molecule has 4 rings (SSSR count). The van der Waals surface area contributed by atoms with Crippen molar-refractivity contribution in [3.63, 3.8) is 0 Å². The van der Waals surface area contributed by atoms with Gasteiger partial charge in [-0.1, -0.05) is 35.3 Å². The van der Waals surface area contributed by atoms with E-state index in [2.05, 4.69) is 10.2 Å². The lowest BCUT2D eigenvalue weighted by Crippen LogP contribution is -2.49. The Morgan fingerprint density at radius 3 is 2.61 bits per heavy atom. The zero-order valence-electron chi connectivity index (χ0n) is 15.0. The van der Waals surface area contributed by atoms with Crippen LogP contribution in [0.5, 0.6) is 0 Å². The summed E-state index contributed by atoms with van der Waals surface area (Å²) in [6.07, 6.45) is 0.185. The van der Waals surface area contributed by atoms with Gasteiger partial charge >= 0.3 is 0 Å². The Hall–Kier alpha value is -1.89. The number of benzene rings is 2. The highest BCUT2D eigenvalue weighted by Gasteiger charge is 2.31. The van der Waals surface area contributed by atoms with Crippen molar-refractivity contribution in [1.29, 1.82) is 0 Å².